The van der Waals surface area contributed by atoms with E-state index in [4.69, 9.17) is 4.42 Å². The van der Waals surface area contributed by atoms with Crippen LogP contribution in [0.4, 0.5) is 17.1 Å². The fourth-order valence-corrected chi connectivity index (χ4v) is 10.8. The summed E-state index contributed by atoms with van der Waals surface area (Å²) in [6, 6.07) is 95.1. The number of fused-ring (bicyclic) bond motifs is 7. The monoisotopic (exact) mass is 853 g/mol. The molecule has 0 radical (unpaired) electrons. The molecule has 0 unspecified atom stereocenters. The van der Waals surface area contributed by atoms with E-state index < -0.39 is 5.41 Å². The molecule has 67 heavy (non-hydrogen) atoms. The fraction of sp³-hybridized carbons (Fsp3) is 0.0154. The molecule has 13 rings (SSSR count). The van der Waals surface area contributed by atoms with Crippen molar-refractivity contribution in [3.8, 4) is 44.5 Å². The summed E-state index contributed by atoms with van der Waals surface area (Å²) in [7, 11) is 0. The third-order valence-electron chi connectivity index (χ3n) is 13.9. The van der Waals surface area contributed by atoms with E-state index in [2.05, 4.69) is 254 Å². The van der Waals surface area contributed by atoms with Crippen molar-refractivity contribution in [3.63, 3.8) is 0 Å². The van der Waals surface area contributed by atoms with Gasteiger partial charge >= 0.3 is 0 Å². The van der Waals surface area contributed by atoms with Gasteiger partial charge in [0.2, 0.25) is 0 Å². The van der Waals surface area contributed by atoms with Crippen LogP contribution in [0.3, 0.4) is 0 Å². The van der Waals surface area contributed by atoms with Crippen LogP contribution < -0.4 is 4.90 Å². The summed E-state index contributed by atoms with van der Waals surface area (Å²) in [6.07, 6.45) is 0. The van der Waals surface area contributed by atoms with Gasteiger partial charge in [-0.3, -0.25) is 0 Å². The second-order valence-corrected chi connectivity index (χ2v) is 17.6. The van der Waals surface area contributed by atoms with Crippen molar-refractivity contribution in [2.24, 2.45) is 0 Å². The lowest BCUT2D eigenvalue weighted by atomic mass is 9.67. The molecule has 12 aromatic rings. The quantitative estimate of drug-likeness (QED) is 0.151. The predicted octanol–water partition coefficient (Wildman–Crippen LogP) is 17.6. The number of rotatable bonds is 8. The summed E-state index contributed by atoms with van der Waals surface area (Å²) in [4.78, 5) is 2.37. The zero-order valence-corrected chi connectivity index (χ0v) is 36.7. The molecule has 0 N–H and O–H groups in total. The van der Waals surface area contributed by atoms with Crippen molar-refractivity contribution in [1.29, 1.82) is 0 Å². The van der Waals surface area contributed by atoms with E-state index in [1.54, 1.807) is 0 Å². The Morgan fingerprint density at radius 2 is 0.821 bits per heavy atom. The smallest absolute Gasteiger partial charge is 0.136 e. The molecule has 1 aromatic heterocycles. The molecule has 0 atom stereocenters. The van der Waals surface area contributed by atoms with Gasteiger partial charge in [-0.15, -0.1) is 0 Å². The summed E-state index contributed by atoms with van der Waals surface area (Å²) in [5.41, 5.74) is 19.3. The van der Waals surface area contributed by atoms with Crippen molar-refractivity contribution in [2.45, 2.75) is 5.41 Å². The van der Waals surface area contributed by atoms with Gasteiger partial charge in [0.15, 0.2) is 0 Å². The van der Waals surface area contributed by atoms with Gasteiger partial charge in [0, 0.05) is 27.8 Å². The average molecular weight is 854 g/mol. The van der Waals surface area contributed by atoms with Crippen molar-refractivity contribution in [2.75, 3.05) is 4.90 Å². The fourth-order valence-electron chi connectivity index (χ4n) is 10.8. The summed E-state index contributed by atoms with van der Waals surface area (Å²) >= 11 is 0. The van der Waals surface area contributed by atoms with Crippen molar-refractivity contribution in [1.82, 2.24) is 0 Å². The molecule has 1 heterocycles. The maximum Gasteiger partial charge on any atom is 0.136 e. The van der Waals surface area contributed by atoms with Gasteiger partial charge in [-0.1, -0.05) is 194 Å². The molecular weight excluding hydrogens is 811 g/mol. The molecule has 0 amide bonds. The Kier molecular flexibility index (Phi) is 9.11. The average Bonchev–Trinajstić information content (AvgIpc) is 3.93. The molecule has 0 bridgehead atoms. The molecule has 1 aliphatic carbocycles. The van der Waals surface area contributed by atoms with Gasteiger partial charge in [-0.05, 0) is 144 Å². The molecule has 0 saturated heterocycles. The van der Waals surface area contributed by atoms with Crippen LogP contribution >= 0.6 is 0 Å². The van der Waals surface area contributed by atoms with Gasteiger partial charge in [-0.2, -0.15) is 0 Å². The molecule has 0 spiro atoms. The van der Waals surface area contributed by atoms with E-state index in [9.17, 15) is 0 Å². The van der Waals surface area contributed by atoms with Crippen LogP contribution in [0.15, 0.2) is 265 Å². The van der Waals surface area contributed by atoms with Crippen molar-refractivity contribution in [3.05, 3.63) is 283 Å². The molecule has 2 nitrogen and oxygen atoms in total. The zero-order chi connectivity index (χ0) is 44.3. The molecule has 314 valence electrons. The maximum absolute atomic E-state index is 6.28. The van der Waals surface area contributed by atoms with Crippen LogP contribution in [-0.4, -0.2) is 0 Å². The Bertz CT molecular complexity index is 3750. The minimum Gasteiger partial charge on any atom is -0.456 e. The van der Waals surface area contributed by atoms with Crippen LogP contribution in [0.5, 0.6) is 0 Å². The SMILES string of the molecule is c1ccc(C2(c3ccccc3)c3ccccc3-c3ccc(-c4ccc(N(c5ccc(-c6ccc7c(c6)oc6ccccc67)cc5)c5cccc(-c6ccc7ccccc7c6)c5)cc4)cc32)cc1. The van der Waals surface area contributed by atoms with E-state index in [0.717, 1.165) is 50.1 Å². The van der Waals surface area contributed by atoms with Crippen LogP contribution in [0.2, 0.25) is 0 Å². The number of hydrogen-bond acceptors (Lipinski definition) is 2. The second-order valence-electron chi connectivity index (χ2n) is 17.6. The highest BCUT2D eigenvalue weighted by atomic mass is 16.3. The highest BCUT2D eigenvalue weighted by molar-refractivity contribution is 6.06. The first-order valence-corrected chi connectivity index (χ1v) is 23.1. The number of benzene rings is 11. The molecule has 0 aliphatic heterocycles. The number of para-hydroxylation sites is 1. The second kappa shape index (κ2) is 15.8. The summed E-state index contributed by atoms with van der Waals surface area (Å²) in [5.74, 6) is 0. The predicted molar refractivity (Wildman–Crippen MR) is 280 cm³/mol. The Morgan fingerprint density at radius 3 is 1.57 bits per heavy atom. The number of furan rings is 1. The van der Waals surface area contributed by atoms with E-state index in [1.165, 1.54) is 66.4 Å². The van der Waals surface area contributed by atoms with Gasteiger partial charge < -0.3 is 9.32 Å². The summed E-state index contributed by atoms with van der Waals surface area (Å²) in [5, 5.41) is 4.74. The number of hydrogen-bond donors (Lipinski definition) is 0. The lowest BCUT2D eigenvalue weighted by Crippen LogP contribution is -2.28. The minimum atomic E-state index is -0.457. The number of anilines is 3. The third-order valence-corrected chi connectivity index (χ3v) is 13.9. The normalized spacial score (nSPS) is 12.6. The van der Waals surface area contributed by atoms with Gasteiger partial charge in [0.1, 0.15) is 11.2 Å². The molecule has 11 aromatic carbocycles. The molecule has 0 fully saturated rings. The highest BCUT2D eigenvalue weighted by Crippen LogP contribution is 2.56. The molecule has 0 saturated carbocycles. The van der Waals surface area contributed by atoms with Gasteiger partial charge in [0.25, 0.3) is 0 Å². The Balaban J connectivity index is 0.911. The van der Waals surface area contributed by atoms with E-state index in [1.807, 2.05) is 12.1 Å². The Hall–Kier alpha value is -8.72. The van der Waals surface area contributed by atoms with Crippen LogP contribution in [0.25, 0.3) is 77.2 Å². The summed E-state index contributed by atoms with van der Waals surface area (Å²) in [6.45, 7) is 0. The van der Waals surface area contributed by atoms with E-state index in [-0.39, 0.29) is 0 Å². The molecule has 1 aliphatic rings. The first-order valence-electron chi connectivity index (χ1n) is 23.1. The first kappa shape index (κ1) is 38.7. The van der Waals surface area contributed by atoms with E-state index >= 15 is 0 Å². The van der Waals surface area contributed by atoms with Crippen molar-refractivity contribution < 1.29 is 4.42 Å². The van der Waals surface area contributed by atoms with Gasteiger partial charge in [-0.25, -0.2) is 0 Å². The van der Waals surface area contributed by atoms with E-state index in [0.29, 0.717) is 0 Å². The largest absolute Gasteiger partial charge is 0.456 e. The summed E-state index contributed by atoms with van der Waals surface area (Å²) < 4.78 is 6.28. The van der Waals surface area contributed by atoms with Crippen LogP contribution in [-0.2, 0) is 5.41 Å². The lowest BCUT2D eigenvalue weighted by molar-refractivity contribution is 0.669. The highest BCUT2D eigenvalue weighted by Gasteiger charge is 2.46. The molecular formula is C65H43NO. The number of nitrogens with zero attached hydrogens (tertiary/aromatic N) is 1. The van der Waals surface area contributed by atoms with Crippen LogP contribution in [0, 0.1) is 0 Å². The molecule has 2 heteroatoms. The van der Waals surface area contributed by atoms with Gasteiger partial charge in [0.05, 0.1) is 5.41 Å². The third kappa shape index (κ3) is 6.41. The first-order chi connectivity index (χ1) is 33.2. The van der Waals surface area contributed by atoms with Crippen LogP contribution in [0.1, 0.15) is 22.3 Å². The minimum absolute atomic E-state index is 0.457. The topological polar surface area (TPSA) is 16.4 Å². The maximum atomic E-state index is 6.28. The standard InChI is InChI=1S/C65H43NO/c1-3-17-52(18-4-1)65(53-19-5-2-6-20-53)61-24-11-9-22-57(61)58-38-32-50(42-62(58)65)45-28-34-54(35-29-45)66(56-21-13-16-48(41-56)49-27-26-44-14-7-8-15-47(44)40-49)55-36-30-46(31-37-55)51-33-39-60-59-23-10-12-25-63(59)67-64(60)43-51/h1-43H. The van der Waals surface area contributed by atoms with Crippen molar-refractivity contribution >= 4 is 49.8 Å². The Morgan fingerprint density at radius 1 is 0.284 bits per heavy atom. The lowest BCUT2D eigenvalue weighted by Gasteiger charge is -2.34. The Labute approximate surface area is 390 Å². The zero-order valence-electron chi connectivity index (χ0n) is 36.7.